The molecule has 258 valence electrons. The van der Waals surface area contributed by atoms with Gasteiger partial charge >= 0.3 is 12.1 Å². The number of aliphatic carboxylic acids is 1. The van der Waals surface area contributed by atoms with Crippen molar-refractivity contribution in [1.82, 2.24) is 35.7 Å². The maximum Gasteiger partial charge on any atom is 0.408 e. The molecule has 2 fully saturated rings. The molecule has 15 heteroatoms. The molecule has 0 spiro atoms. The van der Waals surface area contributed by atoms with Crippen molar-refractivity contribution < 1.29 is 33.8 Å². The summed E-state index contributed by atoms with van der Waals surface area (Å²) >= 11 is 6.39. The van der Waals surface area contributed by atoms with Crippen LogP contribution in [0.3, 0.4) is 0 Å². The molecular formula is C33H42ClN7O7. The number of carboxylic acids is 1. The van der Waals surface area contributed by atoms with Crippen LogP contribution in [0.4, 0.5) is 4.79 Å². The Labute approximate surface area is 283 Å². The van der Waals surface area contributed by atoms with E-state index in [-0.39, 0.29) is 37.7 Å². The number of hydrogen-bond donors (Lipinski definition) is 3. The third kappa shape index (κ3) is 7.97. The summed E-state index contributed by atoms with van der Waals surface area (Å²) in [5.41, 5.74) is -1.66. The van der Waals surface area contributed by atoms with Crippen molar-refractivity contribution in [1.29, 1.82) is 0 Å². The number of nitrogens with one attached hydrogen (secondary N) is 2. The van der Waals surface area contributed by atoms with Gasteiger partial charge in [0, 0.05) is 24.4 Å². The molecule has 1 aromatic heterocycles. The molecule has 48 heavy (non-hydrogen) atoms. The summed E-state index contributed by atoms with van der Waals surface area (Å²) in [6.07, 6.45) is 8.34. The van der Waals surface area contributed by atoms with Crippen LogP contribution in [0.25, 0.3) is 11.4 Å². The number of carbonyl (C=O) groups is 4. The Hall–Kier alpha value is -4.46. The van der Waals surface area contributed by atoms with Gasteiger partial charge in [-0.2, -0.15) is 4.80 Å². The van der Waals surface area contributed by atoms with Crippen LogP contribution in [0.2, 0.25) is 5.02 Å². The summed E-state index contributed by atoms with van der Waals surface area (Å²) in [6.45, 7) is 9.13. The quantitative estimate of drug-likeness (QED) is 0.360. The van der Waals surface area contributed by atoms with Crippen molar-refractivity contribution in [2.75, 3.05) is 13.2 Å². The zero-order valence-corrected chi connectivity index (χ0v) is 28.1. The van der Waals surface area contributed by atoms with Crippen LogP contribution in [0.1, 0.15) is 71.8 Å². The Morgan fingerprint density at radius 3 is 2.75 bits per heavy atom. The van der Waals surface area contributed by atoms with Crippen LogP contribution in [-0.4, -0.2) is 90.5 Å². The molecule has 2 aliphatic heterocycles. The minimum absolute atomic E-state index is 0.0255. The second kappa shape index (κ2) is 14.3. The Kier molecular flexibility index (Phi) is 10.4. The number of nitrogens with zero attached hydrogens (tertiary/aromatic N) is 5. The number of benzene rings is 1. The number of carbonyl (C=O) groups excluding carboxylic acids is 3. The molecule has 2 aromatic rings. The van der Waals surface area contributed by atoms with Gasteiger partial charge in [0.1, 0.15) is 35.6 Å². The lowest BCUT2D eigenvalue weighted by atomic mass is 10.0. The van der Waals surface area contributed by atoms with E-state index in [1.54, 1.807) is 45.0 Å². The fourth-order valence-corrected chi connectivity index (χ4v) is 6.33. The molecule has 5 atom stereocenters. The molecule has 1 aliphatic carbocycles. The zero-order chi connectivity index (χ0) is 34.6. The van der Waals surface area contributed by atoms with E-state index >= 15 is 0 Å². The number of fused-ring (bicyclic) bond motifs is 2. The van der Waals surface area contributed by atoms with E-state index < -0.39 is 53.1 Å². The number of rotatable bonds is 7. The number of amides is 3. The lowest BCUT2D eigenvalue weighted by Crippen LogP contribution is -2.56. The van der Waals surface area contributed by atoms with E-state index in [0.717, 1.165) is 19.3 Å². The third-order valence-corrected chi connectivity index (χ3v) is 8.93. The highest BCUT2D eigenvalue weighted by Gasteiger charge is 2.61. The Balaban J connectivity index is 1.43. The number of ether oxygens (including phenoxy) is 2. The number of allylic oxidation sites excluding steroid dienone is 1. The minimum atomic E-state index is -1.45. The molecule has 0 radical (unpaired) electrons. The Morgan fingerprint density at radius 1 is 1.25 bits per heavy atom. The number of hydrogen-bond acceptors (Lipinski definition) is 9. The SMILES string of the molecule is C=CCOc1ccc(-c2nnn([C@@H]3C[C@H]4C(=O)N[C@]5(C(=O)O)C[C@H]5C=CCCCCC[C@H](NC(=O)OC(C)(C)C)C(=O)N4C3)n2)cc1Cl. The lowest BCUT2D eigenvalue weighted by molar-refractivity contribution is -0.145. The predicted molar refractivity (Wildman–Crippen MR) is 175 cm³/mol. The van der Waals surface area contributed by atoms with Gasteiger partial charge in [0.25, 0.3) is 0 Å². The summed E-state index contributed by atoms with van der Waals surface area (Å²) in [5, 5.41) is 28.9. The first-order chi connectivity index (χ1) is 22.8. The van der Waals surface area contributed by atoms with Crippen molar-refractivity contribution in [2.45, 2.75) is 95.0 Å². The molecule has 0 bridgehead atoms. The lowest BCUT2D eigenvalue weighted by Gasteiger charge is -2.30. The molecule has 14 nitrogen and oxygen atoms in total. The molecule has 1 aromatic carbocycles. The van der Waals surface area contributed by atoms with Crippen LogP contribution in [0.15, 0.2) is 43.0 Å². The van der Waals surface area contributed by atoms with Crippen molar-refractivity contribution in [3.63, 3.8) is 0 Å². The molecule has 1 saturated carbocycles. The first kappa shape index (κ1) is 34.9. The Bertz CT molecular complexity index is 1590. The first-order valence-electron chi connectivity index (χ1n) is 16.2. The summed E-state index contributed by atoms with van der Waals surface area (Å²) in [7, 11) is 0. The van der Waals surface area contributed by atoms with Gasteiger partial charge in [-0.15, -0.1) is 10.2 Å². The van der Waals surface area contributed by atoms with E-state index in [1.165, 1.54) is 9.70 Å². The number of aromatic nitrogens is 4. The molecule has 3 N–H and O–H groups in total. The van der Waals surface area contributed by atoms with E-state index in [1.807, 2.05) is 12.2 Å². The van der Waals surface area contributed by atoms with Gasteiger partial charge in [0.2, 0.25) is 17.6 Å². The summed E-state index contributed by atoms with van der Waals surface area (Å²) in [5.74, 6) is -1.82. The highest BCUT2D eigenvalue weighted by Crippen LogP contribution is 2.45. The number of alkyl carbamates (subject to hydrolysis) is 1. The van der Waals surface area contributed by atoms with Crippen LogP contribution in [0, 0.1) is 5.92 Å². The summed E-state index contributed by atoms with van der Waals surface area (Å²) in [6, 6.07) is 2.47. The van der Waals surface area contributed by atoms with E-state index in [4.69, 9.17) is 21.1 Å². The molecule has 0 unspecified atom stereocenters. The fraction of sp³-hybridized carbons (Fsp3) is 0.545. The summed E-state index contributed by atoms with van der Waals surface area (Å²) in [4.78, 5) is 56.0. The van der Waals surface area contributed by atoms with Crippen molar-refractivity contribution in [3.8, 4) is 17.1 Å². The van der Waals surface area contributed by atoms with Gasteiger partial charge in [-0.1, -0.05) is 49.2 Å². The first-order valence-corrected chi connectivity index (χ1v) is 16.5. The highest BCUT2D eigenvalue weighted by atomic mass is 35.5. The standard InChI is InChI=1S/C33H42ClN7O7/c1-5-15-47-26-14-13-20(16-23(26)34)27-37-39-41(38-27)22-17-25-28(42)36-33(30(44)45)18-21(33)11-9-7-6-8-10-12-24(29(43)40(25)19-22)35-31(46)48-32(2,3)4/h5,9,11,13-14,16,21-22,24-25H,1,6-8,10,12,15,17-19H2,2-4H3,(H,35,46)(H,36,42)(H,44,45)/t21-,22-,24+,25+,33-/m1/s1. The van der Waals surface area contributed by atoms with Crippen LogP contribution < -0.4 is 15.4 Å². The second-order valence-corrected chi connectivity index (χ2v) is 13.8. The van der Waals surface area contributed by atoms with Crippen molar-refractivity contribution >= 4 is 35.5 Å². The maximum absolute atomic E-state index is 14.2. The highest BCUT2D eigenvalue weighted by molar-refractivity contribution is 6.32. The second-order valence-electron chi connectivity index (χ2n) is 13.4. The third-order valence-electron chi connectivity index (χ3n) is 8.63. The van der Waals surface area contributed by atoms with Gasteiger partial charge in [0.15, 0.2) is 0 Å². The molecule has 1 saturated heterocycles. The molecule has 3 aliphatic rings. The maximum atomic E-state index is 14.2. The van der Waals surface area contributed by atoms with E-state index in [2.05, 4.69) is 32.6 Å². The largest absolute Gasteiger partial charge is 0.488 e. The van der Waals surface area contributed by atoms with Gasteiger partial charge in [-0.25, -0.2) is 9.59 Å². The number of carboxylic acid groups (broad SMARTS) is 1. The molecular weight excluding hydrogens is 642 g/mol. The van der Waals surface area contributed by atoms with Crippen LogP contribution >= 0.6 is 11.6 Å². The molecule has 5 rings (SSSR count). The Morgan fingerprint density at radius 2 is 2.04 bits per heavy atom. The topological polar surface area (TPSA) is 178 Å². The fourth-order valence-electron chi connectivity index (χ4n) is 6.10. The predicted octanol–water partition coefficient (Wildman–Crippen LogP) is 4.07. The van der Waals surface area contributed by atoms with E-state index in [9.17, 15) is 24.3 Å². The normalized spacial score (nSPS) is 26.3. The van der Waals surface area contributed by atoms with E-state index in [0.29, 0.717) is 29.2 Å². The van der Waals surface area contributed by atoms with Gasteiger partial charge in [-0.05, 0) is 69.9 Å². The zero-order valence-electron chi connectivity index (χ0n) is 27.4. The molecule has 3 heterocycles. The average molecular weight is 684 g/mol. The van der Waals surface area contributed by atoms with Crippen LogP contribution in [-0.2, 0) is 19.1 Å². The smallest absolute Gasteiger partial charge is 0.408 e. The molecule has 3 amide bonds. The minimum Gasteiger partial charge on any atom is -0.488 e. The van der Waals surface area contributed by atoms with Gasteiger partial charge < -0.3 is 30.1 Å². The van der Waals surface area contributed by atoms with Crippen molar-refractivity contribution in [3.05, 3.63) is 48.0 Å². The number of tetrazole rings is 1. The summed E-state index contributed by atoms with van der Waals surface area (Å²) < 4.78 is 11.0. The number of halogens is 1. The van der Waals surface area contributed by atoms with Crippen molar-refractivity contribution in [2.24, 2.45) is 5.92 Å². The van der Waals surface area contributed by atoms with Gasteiger partial charge in [0.05, 0.1) is 11.1 Å². The van der Waals surface area contributed by atoms with Crippen LogP contribution in [0.5, 0.6) is 5.75 Å². The van der Waals surface area contributed by atoms with Gasteiger partial charge in [-0.3, -0.25) is 9.59 Å². The monoisotopic (exact) mass is 683 g/mol. The average Bonchev–Trinajstić information content (AvgIpc) is 3.32.